The molecule has 6 nitrogen and oxygen atoms in total. The standard InChI is InChI=1S/C25H29N3O3S/c1-25(24(30)26-19-6-4-3-5-7-19)16-27-21(14-18-12-13-32-23(18)27)22(29)28(25)15-17-8-10-20(31-2)11-9-17/h8-14,19H,3-7,15-16H2,1-2H3,(H,26,30)/t25-/m1/s1. The van der Waals surface area contributed by atoms with Gasteiger partial charge in [-0.25, -0.2) is 0 Å². The first-order valence-corrected chi connectivity index (χ1v) is 12.2. The second kappa shape index (κ2) is 8.28. The van der Waals surface area contributed by atoms with Gasteiger partial charge < -0.3 is 19.5 Å². The van der Waals surface area contributed by atoms with E-state index in [1.807, 2.05) is 53.3 Å². The Balaban J connectivity index is 1.51. The van der Waals surface area contributed by atoms with E-state index in [1.54, 1.807) is 23.3 Å². The van der Waals surface area contributed by atoms with E-state index in [0.717, 1.165) is 47.2 Å². The number of fused-ring (bicyclic) bond motifs is 3. The fourth-order valence-corrected chi connectivity index (χ4v) is 5.90. The first-order chi connectivity index (χ1) is 15.5. The van der Waals surface area contributed by atoms with Crippen molar-refractivity contribution >= 4 is 33.4 Å². The molecule has 0 unspecified atom stereocenters. The molecular formula is C25H29N3O3S. The lowest BCUT2D eigenvalue weighted by Gasteiger charge is -2.44. The first kappa shape index (κ1) is 21.1. The van der Waals surface area contributed by atoms with Gasteiger partial charge in [-0.2, -0.15) is 0 Å². The highest BCUT2D eigenvalue weighted by atomic mass is 32.1. The van der Waals surface area contributed by atoms with Crippen LogP contribution in [0.25, 0.3) is 10.2 Å². The van der Waals surface area contributed by atoms with Crippen molar-refractivity contribution in [2.24, 2.45) is 0 Å². The minimum absolute atomic E-state index is 0.0599. The van der Waals surface area contributed by atoms with E-state index in [-0.39, 0.29) is 17.9 Å². The second-order valence-corrected chi connectivity index (χ2v) is 10.0. The highest BCUT2D eigenvalue weighted by Crippen LogP contribution is 2.36. The minimum Gasteiger partial charge on any atom is -0.497 e. The van der Waals surface area contributed by atoms with Crippen LogP contribution in [0, 0.1) is 0 Å². The van der Waals surface area contributed by atoms with Gasteiger partial charge in [-0.05, 0) is 55.0 Å². The summed E-state index contributed by atoms with van der Waals surface area (Å²) in [6.07, 6.45) is 5.55. The summed E-state index contributed by atoms with van der Waals surface area (Å²) in [5.74, 6) is 0.609. The summed E-state index contributed by atoms with van der Waals surface area (Å²) in [5.41, 5.74) is 0.651. The van der Waals surface area contributed by atoms with E-state index < -0.39 is 5.54 Å². The zero-order chi connectivity index (χ0) is 22.3. The van der Waals surface area contributed by atoms with Gasteiger partial charge in [0.05, 0.1) is 13.7 Å². The number of ether oxygens (including phenoxy) is 1. The number of nitrogens with one attached hydrogen (secondary N) is 1. The molecule has 1 aromatic carbocycles. The van der Waals surface area contributed by atoms with Gasteiger partial charge in [0.1, 0.15) is 21.8 Å². The number of carbonyl (C=O) groups is 2. The van der Waals surface area contributed by atoms with Crippen LogP contribution < -0.4 is 10.1 Å². The summed E-state index contributed by atoms with van der Waals surface area (Å²) < 4.78 is 7.30. The average Bonchev–Trinajstić information content (AvgIpc) is 3.40. The molecule has 2 aliphatic rings. The Bertz CT molecular complexity index is 1140. The molecule has 3 aromatic rings. The van der Waals surface area contributed by atoms with Gasteiger partial charge in [-0.15, -0.1) is 11.3 Å². The number of hydrogen-bond donors (Lipinski definition) is 1. The van der Waals surface area contributed by atoms with Gasteiger partial charge in [-0.3, -0.25) is 9.59 Å². The number of rotatable bonds is 5. The van der Waals surface area contributed by atoms with Crippen LogP contribution in [-0.2, 0) is 17.9 Å². The van der Waals surface area contributed by atoms with Crippen LogP contribution in [0.2, 0.25) is 0 Å². The smallest absolute Gasteiger partial charge is 0.271 e. The zero-order valence-corrected chi connectivity index (χ0v) is 19.4. The maximum atomic E-state index is 13.7. The molecule has 0 radical (unpaired) electrons. The summed E-state index contributed by atoms with van der Waals surface area (Å²) in [5, 5.41) is 6.37. The zero-order valence-electron chi connectivity index (χ0n) is 18.6. The van der Waals surface area contributed by atoms with Crippen LogP contribution in [0.5, 0.6) is 5.75 Å². The van der Waals surface area contributed by atoms with Crippen LogP contribution in [-0.4, -0.2) is 40.0 Å². The van der Waals surface area contributed by atoms with Gasteiger partial charge in [0.25, 0.3) is 5.91 Å². The highest BCUT2D eigenvalue weighted by Gasteiger charge is 2.48. The van der Waals surface area contributed by atoms with Crippen LogP contribution in [0.4, 0.5) is 0 Å². The molecule has 7 heteroatoms. The Morgan fingerprint density at radius 3 is 2.66 bits per heavy atom. The molecule has 1 aliphatic heterocycles. The molecule has 1 N–H and O–H groups in total. The lowest BCUT2D eigenvalue weighted by molar-refractivity contribution is -0.134. The molecule has 5 rings (SSSR count). The predicted molar refractivity (Wildman–Crippen MR) is 126 cm³/mol. The van der Waals surface area contributed by atoms with Crippen LogP contribution in [0.15, 0.2) is 41.8 Å². The molecule has 168 valence electrons. The van der Waals surface area contributed by atoms with Crippen molar-refractivity contribution < 1.29 is 14.3 Å². The lowest BCUT2D eigenvalue weighted by Crippen LogP contribution is -2.64. The summed E-state index contributed by atoms with van der Waals surface area (Å²) >= 11 is 1.61. The van der Waals surface area contributed by atoms with Crippen molar-refractivity contribution in [1.82, 2.24) is 14.8 Å². The van der Waals surface area contributed by atoms with E-state index in [0.29, 0.717) is 18.8 Å². The molecule has 1 atom stereocenters. The molecule has 32 heavy (non-hydrogen) atoms. The molecule has 0 bridgehead atoms. The number of hydrogen-bond acceptors (Lipinski definition) is 4. The Kier molecular flexibility index (Phi) is 5.45. The first-order valence-electron chi connectivity index (χ1n) is 11.3. The number of methoxy groups -OCH3 is 1. The van der Waals surface area contributed by atoms with Crippen LogP contribution in [0.1, 0.15) is 55.1 Å². The third kappa shape index (κ3) is 3.58. The van der Waals surface area contributed by atoms with E-state index in [1.165, 1.54) is 6.42 Å². The van der Waals surface area contributed by atoms with Gasteiger partial charge in [0.2, 0.25) is 5.91 Å². The molecule has 0 saturated heterocycles. The van der Waals surface area contributed by atoms with E-state index in [2.05, 4.69) is 5.32 Å². The highest BCUT2D eigenvalue weighted by molar-refractivity contribution is 7.16. The molecule has 0 spiro atoms. The lowest BCUT2D eigenvalue weighted by atomic mass is 9.91. The Morgan fingerprint density at radius 2 is 1.94 bits per heavy atom. The summed E-state index contributed by atoms with van der Waals surface area (Å²) in [4.78, 5) is 30.2. The maximum Gasteiger partial charge on any atom is 0.271 e. The molecule has 3 heterocycles. The van der Waals surface area contributed by atoms with Crippen molar-refractivity contribution in [3.05, 3.63) is 53.0 Å². The average molecular weight is 452 g/mol. The maximum absolute atomic E-state index is 13.7. The van der Waals surface area contributed by atoms with Crippen molar-refractivity contribution in [3.63, 3.8) is 0 Å². The normalized spacial score (nSPS) is 21.6. The van der Waals surface area contributed by atoms with Crippen molar-refractivity contribution in [2.45, 2.75) is 63.7 Å². The van der Waals surface area contributed by atoms with E-state index in [9.17, 15) is 9.59 Å². The SMILES string of the molecule is COc1ccc(CN2C(=O)c3cc4ccsc4n3C[C@]2(C)C(=O)NC2CCCCC2)cc1. The number of nitrogens with zero attached hydrogens (tertiary/aromatic N) is 2. The number of thiophene rings is 1. The summed E-state index contributed by atoms with van der Waals surface area (Å²) in [7, 11) is 1.63. The van der Waals surface area contributed by atoms with Gasteiger partial charge in [0, 0.05) is 18.0 Å². The largest absolute Gasteiger partial charge is 0.497 e. The molecule has 1 fully saturated rings. The minimum atomic E-state index is -0.975. The fraction of sp³-hybridized carbons (Fsp3) is 0.440. The summed E-state index contributed by atoms with van der Waals surface area (Å²) in [6, 6.07) is 11.9. The monoisotopic (exact) mass is 451 g/mol. The molecular weight excluding hydrogens is 422 g/mol. The predicted octanol–water partition coefficient (Wildman–Crippen LogP) is 4.58. The number of aromatic nitrogens is 1. The number of amides is 2. The fourth-order valence-electron chi connectivity index (χ4n) is 5.01. The third-order valence-electron chi connectivity index (χ3n) is 6.96. The molecule has 1 saturated carbocycles. The molecule has 2 amide bonds. The topological polar surface area (TPSA) is 63.6 Å². The Morgan fingerprint density at radius 1 is 1.19 bits per heavy atom. The van der Waals surface area contributed by atoms with E-state index in [4.69, 9.17) is 4.74 Å². The summed E-state index contributed by atoms with van der Waals surface area (Å²) in [6.45, 7) is 2.73. The van der Waals surface area contributed by atoms with Gasteiger partial charge in [0.15, 0.2) is 0 Å². The van der Waals surface area contributed by atoms with Gasteiger partial charge >= 0.3 is 0 Å². The number of carbonyl (C=O) groups excluding carboxylic acids is 2. The Labute approximate surface area is 192 Å². The van der Waals surface area contributed by atoms with Crippen molar-refractivity contribution in [2.75, 3.05) is 7.11 Å². The van der Waals surface area contributed by atoms with Gasteiger partial charge in [-0.1, -0.05) is 31.4 Å². The van der Waals surface area contributed by atoms with E-state index >= 15 is 0 Å². The van der Waals surface area contributed by atoms with Crippen molar-refractivity contribution in [1.29, 1.82) is 0 Å². The van der Waals surface area contributed by atoms with Crippen molar-refractivity contribution in [3.8, 4) is 5.75 Å². The third-order valence-corrected chi connectivity index (χ3v) is 7.91. The second-order valence-electron chi connectivity index (χ2n) is 9.12. The van der Waals surface area contributed by atoms with Crippen LogP contribution in [0.3, 0.4) is 0 Å². The Hall–Kier alpha value is -2.80. The molecule has 2 aromatic heterocycles. The quantitative estimate of drug-likeness (QED) is 0.618. The van der Waals surface area contributed by atoms with Crippen LogP contribution >= 0.6 is 11.3 Å². The molecule has 1 aliphatic carbocycles. The number of benzene rings is 1.